The van der Waals surface area contributed by atoms with Gasteiger partial charge in [-0.3, -0.25) is 4.79 Å². The van der Waals surface area contributed by atoms with Crippen molar-refractivity contribution in [2.45, 2.75) is 13.5 Å². The number of quaternary nitrogens is 1. The molecule has 1 rings (SSSR count). The summed E-state index contributed by atoms with van der Waals surface area (Å²) >= 11 is 0. The van der Waals surface area contributed by atoms with Crippen LogP contribution in [0.25, 0.3) is 0 Å². The molecule has 0 saturated heterocycles. The third-order valence-electron chi connectivity index (χ3n) is 1.82. The fourth-order valence-electron chi connectivity index (χ4n) is 1.11. The maximum absolute atomic E-state index is 10.5. The van der Waals surface area contributed by atoms with Gasteiger partial charge >= 0.3 is 11.8 Å². The number of hydrogen-bond acceptors (Lipinski definition) is 5. The Balaban J connectivity index is 0.00000225. The molecule has 0 bridgehead atoms. The van der Waals surface area contributed by atoms with Crippen LogP contribution in [0.1, 0.15) is 5.69 Å². The zero-order valence-corrected chi connectivity index (χ0v) is 8.25. The van der Waals surface area contributed by atoms with Gasteiger partial charge in [0.15, 0.2) is 6.54 Å². The van der Waals surface area contributed by atoms with Crippen molar-refractivity contribution in [3.63, 3.8) is 0 Å². The summed E-state index contributed by atoms with van der Waals surface area (Å²) in [6, 6.07) is 0. The van der Waals surface area contributed by atoms with E-state index in [-0.39, 0.29) is 16.9 Å². The van der Waals surface area contributed by atoms with Crippen LogP contribution in [0.2, 0.25) is 0 Å². The second-order valence-electron chi connectivity index (χ2n) is 2.76. The first-order valence-corrected chi connectivity index (χ1v) is 3.88. The predicted molar refractivity (Wildman–Crippen MR) is 48.2 cm³/mol. The van der Waals surface area contributed by atoms with E-state index in [4.69, 9.17) is 10.3 Å². The van der Waals surface area contributed by atoms with Crippen molar-refractivity contribution >= 4 is 17.5 Å². The summed E-state index contributed by atoms with van der Waals surface area (Å²) < 4.78 is 0.947. The molecule has 0 spiro atoms. The van der Waals surface area contributed by atoms with Crippen LogP contribution in [0, 0.1) is 17.0 Å². The number of nitrogens with two attached hydrogens (primary N) is 1. The van der Waals surface area contributed by atoms with Crippen LogP contribution in [0.3, 0.4) is 0 Å². The number of nitro groups is 1. The Labute approximate surface area is 88.5 Å². The lowest BCUT2D eigenvalue weighted by atomic mass is 10.4. The average molecular weight is 235 g/mol. The normalized spacial score (nSPS) is 9.62. The van der Waals surface area contributed by atoms with E-state index in [0.717, 1.165) is 4.68 Å². The van der Waals surface area contributed by atoms with Crippen LogP contribution in [0.5, 0.6) is 0 Å². The molecule has 10 nitrogen and oxygen atoms in total. The first-order valence-electron chi connectivity index (χ1n) is 3.88. The maximum Gasteiger partial charge on any atom is 0.454 e. The second-order valence-corrected chi connectivity index (χ2v) is 2.76. The highest BCUT2D eigenvalue weighted by molar-refractivity contribution is 5.67. The van der Waals surface area contributed by atoms with Gasteiger partial charge in [-0.15, -0.1) is 0 Å². The van der Waals surface area contributed by atoms with E-state index in [2.05, 4.69) is 5.10 Å². The van der Waals surface area contributed by atoms with Gasteiger partial charge in [0, 0.05) is 0 Å². The molecule has 1 aromatic rings. The fraction of sp³-hybridized carbons (Fsp3) is 0.333. The molecule has 0 atom stereocenters. The molecular weight excluding hydrogens is 224 g/mol. The highest BCUT2D eigenvalue weighted by Crippen LogP contribution is 2.21. The topological polar surface area (TPSA) is 167 Å². The SMILES string of the molecule is Cc1c([NH2+]O)c([N+](=O)[O-])nn1CC(=O)O.O. The molecular formula is C6H11N4O6+. The standard InChI is InChI=1S/C6H8N4O5.H2O/c1-3-5(8-13)6(10(14)15)7-9(3)2-4(11)12;/h8,13H,2H2,1H3,(H,11,12);1H2/p+1. The Hall–Kier alpha value is -2.04. The lowest BCUT2D eigenvalue weighted by molar-refractivity contribution is -0.827. The zero-order chi connectivity index (χ0) is 11.6. The molecule has 16 heavy (non-hydrogen) atoms. The number of carbonyl (C=O) groups is 1. The fourth-order valence-corrected chi connectivity index (χ4v) is 1.11. The highest BCUT2D eigenvalue weighted by atomic mass is 16.6. The van der Waals surface area contributed by atoms with Gasteiger partial charge in [-0.2, -0.15) is 10.2 Å². The first-order chi connectivity index (χ1) is 6.97. The third kappa shape index (κ3) is 2.50. The first kappa shape index (κ1) is 14.0. The Kier molecular flexibility index (Phi) is 4.50. The van der Waals surface area contributed by atoms with Gasteiger partial charge in [0.25, 0.3) is 5.69 Å². The zero-order valence-electron chi connectivity index (χ0n) is 8.25. The number of aromatic nitrogens is 2. The van der Waals surface area contributed by atoms with Crippen LogP contribution in [0.15, 0.2) is 0 Å². The van der Waals surface area contributed by atoms with Crippen LogP contribution in [-0.4, -0.2) is 36.5 Å². The number of hydrogen-bond donors (Lipinski definition) is 3. The predicted octanol–water partition coefficient (Wildman–Crippen LogP) is -2.06. The number of rotatable bonds is 4. The minimum absolute atomic E-state index is 0. The highest BCUT2D eigenvalue weighted by Gasteiger charge is 2.29. The van der Waals surface area contributed by atoms with Gasteiger partial charge in [0.1, 0.15) is 5.69 Å². The van der Waals surface area contributed by atoms with Gasteiger partial charge < -0.3 is 20.7 Å². The van der Waals surface area contributed by atoms with Gasteiger partial charge in [0.05, 0.1) is 5.10 Å². The summed E-state index contributed by atoms with van der Waals surface area (Å²) in [6.45, 7) is 0.950. The lowest BCUT2D eigenvalue weighted by Crippen LogP contribution is -2.74. The smallest absolute Gasteiger partial charge is 0.454 e. The Morgan fingerprint density at radius 2 is 2.25 bits per heavy atom. The van der Waals surface area contributed by atoms with Gasteiger partial charge in [-0.05, 0) is 11.8 Å². The van der Waals surface area contributed by atoms with Crippen LogP contribution < -0.4 is 5.48 Å². The summed E-state index contributed by atoms with van der Waals surface area (Å²) in [5.74, 6) is -1.73. The second kappa shape index (κ2) is 5.16. The van der Waals surface area contributed by atoms with E-state index in [1.54, 1.807) is 0 Å². The van der Waals surface area contributed by atoms with Crippen LogP contribution >= 0.6 is 0 Å². The van der Waals surface area contributed by atoms with Crippen molar-refractivity contribution in [3.05, 3.63) is 15.8 Å². The summed E-state index contributed by atoms with van der Waals surface area (Å²) in [4.78, 5) is 20.1. The van der Waals surface area contributed by atoms with E-state index in [0.29, 0.717) is 5.48 Å². The number of carboxylic acids is 1. The van der Waals surface area contributed by atoms with E-state index in [9.17, 15) is 14.9 Å². The minimum atomic E-state index is -1.17. The van der Waals surface area contributed by atoms with Gasteiger partial charge in [-0.25, -0.2) is 5.21 Å². The van der Waals surface area contributed by atoms with Crippen molar-refractivity contribution < 1.29 is 31.0 Å². The largest absolute Gasteiger partial charge is 0.480 e. The third-order valence-corrected chi connectivity index (χ3v) is 1.82. The van der Waals surface area contributed by atoms with Gasteiger partial charge in [0.2, 0.25) is 0 Å². The van der Waals surface area contributed by atoms with Crippen LogP contribution in [-0.2, 0) is 11.3 Å². The Morgan fingerprint density at radius 1 is 1.69 bits per heavy atom. The summed E-state index contributed by atoms with van der Waals surface area (Å²) in [7, 11) is 0. The Bertz CT molecular complexity index is 413. The van der Waals surface area contributed by atoms with E-state index in [1.165, 1.54) is 6.92 Å². The Morgan fingerprint density at radius 3 is 2.56 bits per heavy atom. The molecule has 1 heterocycles. The number of nitrogens with zero attached hydrogens (tertiary/aromatic N) is 3. The average Bonchev–Trinajstić information content (AvgIpc) is 2.43. The van der Waals surface area contributed by atoms with Gasteiger partial charge in [-0.1, -0.05) is 0 Å². The minimum Gasteiger partial charge on any atom is -0.480 e. The molecule has 0 radical (unpaired) electrons. The molecule has 90 valence electrons. The lowest BCUT2D eigenvalue weighted by Gasteiger charge is -1.92. The molecule has 0 aliphatic heterocycles. The molecule has 0 unspecified atom stereocenters. The van der Waals surface area contributed by atoms with Crippen molar-refractivity contribution in [3.8, 4) is 0 Å². The van der Waals surface area contributed by atoms with Crippen molar-refractivity contribution in [1.29, 1.82) is 0 Å². The number of aliphatic carboxylic acids is 1. The molecule has 1 aromatic heterocycles. The molecule has 0 saturated carbocycles. The van der Waals surface area contributed by atoms with Crippen molar-refractivity contribution in [1.82, 2.24) is 9.78 Å². The van der Waals surface area contributed by atoms with Crippen molar-refractivity contribution in [2.75, 3.05) is 0 Å². The summed E-state index contributed by atoms with van der Waals surface area (Å²) in [5, 5.41) is 31.2. The van der Waals surface area contributed by atoms with Crippen molar-refractivity contribution in [2.24, 2.45) is 0 Å². The number of carboxylic acid groups (broad SMARTS) is 1. The monoisotopic (exact) mass is 235 g/mol. The van der Waals surface area contributed by atoms with E-state index in [1.807, 2.05) is 0 Å². The molecule has 0 fully saturated rings. The summed E-state index contributed by atoms with van der Waals surface area (Å²) in [5.41, 5.74) is 0.687. The molecule has 6 N–H and O–H groups in total. The molecule has 0 amide bonds. The van der Waals surface area contributed by atoms with E-state index < -0.39 is 23.3 Å². The van der Waals surface area contributed by atoms with E-state index >= 15 is 0 Å². The summed E-state index contributed by atoms with van der Waals surface area (Å²) in [6.07, 6.45) is 0. The molecule has 0 aromatic carbocycles. The maximum atomic E-state index is 10.5. The quantitative estimate of drug-likeness (QED) is 0.400. The van der Waals surface area contributed by atoms with Crippen LogP contribution in [0.4, 0.5) is 11.5 Å². The molecule has 0 aliphatic rings. The molecule has 0 aliphatic carbocycles. The molecule has 10 heteroatoms.